The van der Waals surface area contributed by atoms with Crippen LogP contribution in [-0.2, 0) is 4.79 Å². The first-order valence-corrected chi connectivity index (χ1v) is 13.7. The van der Waals surface area contributed by atoms with Gasteiger partial charge in [-0.05, 0) is 72.6 Å². The molecule has 1 amide bonds. The lowest BCUT2D eigenvalue weighted by Crippen LogP contribution is -2.34. The number of hydrogen-bond acceptors (Lipinski definition) is 6. The van der Waals surface area contributed by atoms with Crippen LogP contribution in [0, 0.1) is 0 Å². The van der Waals surface area contributed by atoms with Crippen LogP contribution in [0.1, 0.15) is 47.5 Å². The first kappa shape index (κ1) is 31.6. The zero-order chi connectivity index (χ0) is 28.8. The third-order valence-electron chi connectivity index (χ3n) is 6.45. The van der Waals surface area contributed by atoms with Crippen LogP contribution in [-0.4, -0.2) is 69.7 Å². The molecule has 8 heteroatoms. The summed E-state index contributed by atoms with van der Waals surface area (Å²) in [5.74, 6) is 2.17. The van der Waals surface area contributed by atoms with E-state index in [1.807, 2.05) is 89.2 Å². The van der Waals surface area contributed by atoms with E-state index in [9.17, 15) is 4.79 Å². The number of allylic oxidation sites excluding steroid dienone is 2. The van der Waals surface area contributed by atoms with Gasteiger partial charge in [-0.25, -0.2) is 0 Å². The number of rotatable bonds is 13. The van der Waals surface area contributed by atoms with Crippen molar-refractivity contribution in [2.45, 2.75) is 53.6 Å². The maximum atomic E-state index is 14.1. The zero-order valence-electron chi connectivity index (χ0n) is 24.8. The van der Waals surface area contributed by atoms with Crippen molar-refractivity contribution in [3.05, 3.63) is 71.2 Å². The van der Waals surface area contributed by atoms with Crippen molar-refractivity contribution >= 4 is 24.1 Å². The number of nitrogens with one attached hydrogen (secondary N) is 2. The van der Waals surface area contributed by atoms with E-state index in [-0.39, 0.29) is 12.0 Å². The lowest BCUT2D eigenvalue weighted by atomic mass is 10.1. The highest BCUT2D eigenvalue weighted by molar-refractivity contribution is 6.08. The van der Waals surface area contributed by atoms with Crippen molar-refractivity contribution in [1.29, 1.82) is 0 Å². The van der Waals surface area contributed by atoms with Gasteiger partial charge in [-0.1, -0.05) is 30.7 Å². The first-order chi connectivity index (χ1) is 18.8. The molecule has 1 atom stereocenters. The summed E-state index contributed by atoms with van der Waals surface area (Å²) in [4.78, 5) is 26.4. The quantitative estimate of drug-likeness (QED) is 0.210. The predicted molar refractivity (Wildman–Crippen MR) is 165 cm³/mol. The highest BCUT2D eigenvalue weighted by Crippen LogP contribution is 2.28. The fraction of sp³-hybridized carbons (Fsp3) is 0.452. The van der Waals surface area contributed by atoms with E-state index in [4.69, 9.17) is 4.74 Å². The van der Waals surface area contributed by atoms with E-state index in [2.05, 4.69) is 39.2 Å². The maximum Gasteiger partial charge on any atom is 0.262 e. The zero-order valence-corrected chi connectivity index (χ0v) is 24.8. The molecule has 0 bridgehead atoms. The van der Waals surface area contributed by atoms with Crippen LogP contribution in [0.25, 0.3) is 0 Å². The van der Waals surface area contributed by atoms with Gasteiger partial charge in [0.2, 0.25) is 0 Å². The number of ether oxygens (including phenoxy) is 1. The van der Waals surface area contributed by atoms with Crippen LogP contribution in [0.5, 0.6) is 5.75 Å². The summed E-state index contributed by atoms with van der Waals surface area (Å²) in [5.41, 5.74) is 3.47. The molecule has 0 saturated heterocycles. The number of aliphatic imine (C=N–C) groups is 2. The van der Waals surface area contributed by atoms with E-state index in [1.54, 1.807) is 6.20 Å². The number of amides is 1. The Morgan fingerprint density at radius 3 is 2.67 bits per heavy atom. The molecule has 0 saturated carbocycles. The number of hydrogen-bond donors (Lipinski definition) is 2. The van der Waals surface area contributed by atoms with Crippen molar-refractivity contribution in [2.75, 3.05) is 45.2 Å². The monoisotopic (exact) mass is 534 g/mol. The van der Waals surface area contributed by atoms with E-state index < -0.39 is 0 Å². The number of likely N-dealkylation sites (N-methyl/N-ethyl adjacent to an activating group) is 1. The number of anilines is 1. The van der Waals surface area contributed by atoms with E-state index >= 15 is 0 Å². The summed E-state index contributed by atoms with van der Waals surface area (Å²) in [5, 5.41) is 6.58. The van der Waals surface area contributed by atoms with Gasteiger partial charge >= 0.3 is 0 Å². The fourth-order valence-corrected chi connectivity index (χ4v) is 4.24. The Balaban J connectivity index is 2.50. The van der Waals surface area contributed by atoms with Crippen molar-refractivity contribution in [3.8, 4) is 5.75 Å². The molecular formula is C31H46N6O2. The number of carbonyl (C=O) groups excluding carboxylic acids is 1. The van der Waals surface area contributed by atoms with E-state index in [1.165, 1.54) is 0 Å². The second kappa shape index (κ2) is 16.3. The molecule has 1 aromatic carbocycles. The van der Waals surface area contributed by atoms with E-state index in [0.29, 0.717) is 31.0 Å². The summed E-state index contributed by atoms with van der Waals surface area (Å²) in [6.07, 6.45) is 9.07. The molecule has 2 N–H and O–H groups in total. The number of nitrogens with zero attached hydrogens (tertiary/aromatic N) is 4. The fourth-order valence-electron chi connectivity index (χ4n) is 4.24. The molecule has 1 aliphatic heterocycles. The van der Waals surface area contributed by atoms with Gasteiger partial charge in [0.05, 0.1) is 11.4 Å². The molecule has 0 spiro atoms. The van der Waals surface area contributed by atoms with Crippen molar-refractivity contribution < 1.29 is 9.53 Å². The minimum absolute atomic E-state index is 0.0619. The molecule has 0 radical (unpaired) electrons. The summed E-state index contributed by atoms with van der Waals surface area (Å²) in [7, 11) is 3.92. The van der Waals surface area contributed by atoms with Crippen LogP contribution >= 0.6 is 0 Å². The summed E-state index contributed by atoms with van der Waals surface area (Å²) >= 11 is 0. The SMILES string of the molecule is C=N/C=C(\C=C/C)C(CCNC)Oc1cccc(N2CCN(C)C(NC(C)=NCC)=C(/C=C(/C)CC)C2=O)c1. The normalized spacial score (nSPS) is 16.6. The van der Waals surface area contributed by atoms with Crippen molar-refractivity contribution in [2.24, 2.45) is 9.98 Å². The molecule has 0 fully saturated rings. The van der Waals surface area contributed by atoms with E-state index in [0.717, 1.165) is 47.9 Å². The molecule has 8 nitrogen and oxygen atoms in total. The van der Waals surface area contributed by atoms with Gasteiger partial charge in [0.1, 0.15) is 17.7 Å². The van der Waals surface area contributed by atoms with Crippen molar-refractivity contribution in [3.63, 3.8) is 0 Å². The average Bonchev–Trinajstić information content (AvgIpc) is 3.03. The molecule has 1 unspecified atom stereocenters. The molecule has 0 aliphatic carbocycles. The smallest absolute Gasteiger partial charge is 0.262 e. The maximum absolute atomic E-state index is 14.1. The molecule has 1 aromatic rings. The Kier molecular flexibility index (Phi) is 13.2. The molecule has 39 heavy (non-hydrogen) atoms. The highest BCUT2D eigenvalue weighted by Gasteiger charge is 2.28. The molecular weight excluding hydrogens is 488 g/mol. The number of carbonyl (C=O) groups is 1. The number of amidine groups is 1. The van der Waals surface area contributed by atoms with Gasteiger partial charge in [-0.2, -0.15) is 0 Å². The predicted octanol–water partition coefficient (Wildman–Crippen LogP) is 5.08. The average molecular weight is 535 g/mol. The third kappa shape index (κ3) is 9.25. The lowest BCUT2D eigenvalue weighted by molar-refractivity contribution is -0.114. The molecule has 212 valence electrons. The standard InChI is InChI=1S/C31H46N6O2/c1-9-13-25(22-33-7)29(16-17-32-6)39-27-15-12-14-26(21-27)37-19-18-36(8)30(35-24(5)34-11-3)28(31(37)38)20-23(4)10-2/h9,12-15,20-22,29,32H,7,10-11,16-19H2,1-6,8H3,(H,34,35)/b13-9-,23-20-,25-22+. The van der Waals surface area contributed by atoms with Crippen LogP contribution in [0.2, 0.25) is 0 Å². The van der Waals surface area contributed by atoms with Gasteiger partial charge in [0.15, 0.2) is 0 Å². The summed E-state index contributed by atoms with van der Waals surface area (Å²) in [6, 6.07) is 7.75. The lowest BCUT2D eigenvalue weighted by Gasteiger charge is -2.24. The molecule has 1 aliphatic rings. The summed E-state index contributed by atoms with van der Waals surface area (Å²) in [6.45, 7) is 16.3. The number of benzene rings is 1. The Morgan fingerprint density at radius 2 is 2.03 bits per heavy atom. The topological polar surface area (TPSA) is 81.6 Å². The Morgan fingerprint density at radius 1 is 1.26 bits per heavy atom. The molecule has 1 heterocycles. The highest BCUT2D eigenvalue weighted by atomic mass is 16.5. The Bertz CT molecular complexity index is 1130. The van der Waals surface area contributed by atoms with Crippen LogP contribution in [0.3, 0.4) is 0 Å². The van der Waals surface area contributed by atoms with Crippen LogP contribution in [0.15, 0.2) is 81.2 Å². The minimum Gasteiger partial charge on any atom is -0.486 e. The third-order valence-corrected chi connectivity index (χ3v) is 6.45. The van der Waals surface area contributed by atoms with Gasteiger partial charge in [0.25, 0.3) is 5.91 Å². The molecule has 0 aromatic heterocycles. The summed E-state index contributed by atoms with van der Waals surface area (Å²) < 4.78 is 6.46. The largest absolute Gasteiger partial charge is 0.486 e. The second-order valence-corrected chi connectivity index (χ2v) is 9.48. The van der Waals surface area contributed by atoms with Crippen LogP contribution < -0.4 is 20.3 Å². The Hall–Kier alpha value is -3.65. The minimum atomic E-state index is -0.220. The van der Waals surface area contributed by atoms with Gasteiger partial charge in [-0.15, -0.1) is 0 Å². The van der Waals surface area contributed by atoms with Gasteiger partial charge < -0.3 is 25.2 Å². The van der Waals surface area contributed by atoms with Crippen LogP contribution in [0.4, 0.5) is 5.69 Å². The molecule has 2 rings (SSSR count). The van der Waals surface area contributed by atoms with Gasteiger partial charge in [0, 0.05) is 56.6 Å². The van der Waals surface area contributed by atoms with Gasteiger partial charge in [-0.3, -0.25) is 14.8 Å². The first-order valence-electron chi connectivity index (χ1n) is 13.7. The Labute approximate surface area is 234 Å². The second-order valence-electron chi connectivity index (χ2n) is 9.48. The van der Waals surface area contributed by atoms with Crippen molar-refractivity contribution in [1.82, 2.24) is 15.5 Å².